The fraction of sp³-hybridized carbons (Fsp3) is 0.214. The summed E-state index contributed by atoms with van der Waals surface area (Å²) in [5, 5.41) is 55.4. The minimum Gasteiger partial charge on any atom is -0.508 e. The summed E-state index contributed by atoms with van der Waals surface area (Å²) < 4.78 is 0. The maximum absolute atomic E-state index is 13.0. The van der Waals surface area contributed by atoms with E-state index >= 15 is 0 Å². The number of aromatic hydroxyl groups is 4. The van der Waals surface area contributed by atoms with E-state index in [0.29, 0.717) is 12.0 Å². The van der Waals surface area contributed by atoms with Gasteiger partial charge in [-0.2, -0.15) is 0 Å². The molecule has 2 amide bonds. The number of benzene rings is 3. The Hall–Kier alpha value is -5.06. The third-order valence-corrected chi connectivity index (χ3v) is 6.72. The van der Waals surface area contributed by atoms with Gasteiger partial charge < -0.3 is 36.2 Å². The number of phenolic OH excluding ortho intramolecular Hbond substituents is 4. The summed E-state index contributed by atoms with van der Waals surface area (Å²) in [5.74, 6) is -5.80. The highest BCUT2D eigenvalue weighted by molar-refractivity contribution is 6.18. The minimum absolute atomic E-state index is 0.0469. The van der Waals surface area contributed by atoms with Crippen LogP contribution in [0, 0.1) is 5.92 Å². The largest absolute Gasteiger partial charge is 0.508 e. The average Bonchev–Trinajstić information content (AvgIpc) is 3.33. The summed E-state index contributed by atoms with van der Waals surface area (Å²) in [6, 6.07) is 11.0. The van der Waals surface area contributed by atoms with Gasteiger partial charge in [0, 0.05) is 23.7 Å². The van der Waals surface area contributed by atoms with Crippen molar-refractivity contribution in [2.45, 2.75) is 25.3 Å². The fourth-order valence-corrected chi connectivity index (χ4v) is 4.72. The van der Waals surface area contributed by atoms with E-state index in [1.165, 1.54) is 30.3 Å². The normalized spacial score (nSPS) is 16.4. The third-order valence-electron chi connectivity index (χ3n) is 6.72. The summed E-state index contributed by atoms with van der Waals surface area (Å²) in [6.45, 7) is 0.196. The zero-order valence-corrected chi connectivity index (χ0v) is 20.5. The van der Waals surface area contributed by atoms with Gasteiger partial charge in [-0.25, -0.2) is 4.79 Å². The standard InChI is InChI=1S/C28H26N2O9/c31-17-9-7-14(8-10-17)27(37)30-19-5-1-3-15(19)13-29-26(36)16-11-21(33)24(22(34)12-16)25(35)23-18(28(38)39)4-2-6-20(23)32/h2,4,6-12,15,19,31-34H,1,3,5,13H2,(H,29,36)(H,30,37)(H,38,39)/t15-,19+/m1/s1. The molecule has 0 heterocycles. The Bertz CT molecular complexity index is 1430. The van der Waals surface area contributed by atoms with Gasteiger partial charge in [-0.15, -0.1) is 0 Å². The van der Waals surface area contributed by atoms with E-state index in [2.05, 4.69) is 10.6 Å². The number of carbonyl (C=O) groups is 4. The van der Waals surface area contributed by atoms with Crippen LogP contribution in [-0.2, 0) is 0 Å². The van der Waals surface area contributed by atoms with Gasteiger partial charge in [0.25, 0.3) is 11.8 Å². The predicted molar refractivity (Wildman–Crippen MR) is 137 cm³/mol. The molecule has 39 heavy (non-hydrogen) atoms. The smallest absolute Gasteiger partial charge is 0.336 e. The SMILES string of the molecule is O=C(NC[C@H]1CCC[C@@H]1NC(=O)c1ccc(O)cc1)c1cc(O)c(C(=O)c2c(O)cccc2C(=O)O)c(O)c1. The second kappa shape index (κ2) is 11.1. The molecule has 2 atom stereocenters. The van der Waals surface area contributed by atoms with Crippen LogP contribution in [-0.4, -0.2) is 61.7 Å². The molecule has 11 nitrogen and oxygen atoms in total. The third kappa shape index (κ3) is 5.77. The highest BCUT2D eigenvalue weighted by Crippen LogP contribution is 2.34. The highest BCUT2D eigenvalue weighted by Gasteiger charge is 2.30. The molecule has 0 aromatic heterocycles. The summed E-state index contributed by atoms with van der Waals surface area (Å²) >= 11 is 0. The van der Waals surface area contributed by atoms with Gasteiger partial charge in [0.2, 0.25) is 5.78 Å². The minimum atomic E-state index is -1.49. The molecule has 3 aromatic carbocycles. The molecule has 0 spiro atoms. The van der Waals surface area contributed by atoms with Gasteiger partial charge in [-0.3, -0.25) is 14.4 Å². The zero-order valence-electron chi connectivity index (χ0n) is 20.5. The van der Waals surface area contributed by atoms with E-state index in [9.17, 15) is 44.7 Å². The number of amides is 2. The first-order valence-corrected chi connectivity index (χ1v) is 12.1. The van der Waals surface area contributed by atoms with Crippen molar-refractivity contribution in [3.8, 4) is 23.0 Å². The molecule has 1 saturated carbocycles. The number of carboxylic acids is 1. The molecule has 1 aliphatic rings. The number of carbonyl (C=O) groups excluding carboxylic acids is 3. The van der Waals surface area contributed by atoms with Gasteiger partial charge in [0.1, 0.15) is 28.6 Å². The van der Waals surface area contributed by atoms with E-state index in [-0.39, 0.29) is 35.7 Å². The lowest BCUT2D eigenvalue weighted by Crippen LogP contribution is -2.42. The van der Waals surface area contributed by atoms with Crippen LogP contribution in [0.5, 0.6) is 23.0 Å². The highest BCUT2D eigenvalue weighted by atomic mass is 16.4. The van der Waals surface area contributed by atoms with Crippen molar-refractivity contribution in [1.29, 1.82) is 0 Å². The first kappa shape index (κ1) is 27.0. The second-order valence-corrected chi connectivity index (χ2v) is 9.25. The molecular weight excluding hydrogens is 508 g/mol. The van der Waals surface area contributed by atoms with Crippen LogP contribution in [0.4, 0.5) is 0 Å². The van der Waals surface area contributed by atoms with Gasteiger partial charge in [0.15, 0.2) is 0 Å². The number of ketones is 1. The molecule has 0 radical (unpaired) electrons. The zero-order chi connectivity index (χ0) is 28.3. The predicted octanol–water partition coefficient (Wildman–Crippen LogP) is 2.77. The maximum atomic E-state index is 13.0. The number of hydrogen-bond acceptors (Lipinski definition) is 8. The van der Waals surface area contributed by atoms with Gasteiger partial charge in [-0.1, -0.05) is 12.5 Å². The first-order chi connectivity index (χ1) is 18.6. The van der Waals surface area contributed by atoms with Crippen LogP contribution in [0.25, 0.3) is 0 Å². The molecule has 202 valence electrons. The Balaban J connectivity index is 1.45. The van der Waals surface area contributed by atoms with Crippen molar-refractivity contribution in [3.63, 3.8) is 0 Å². The van der Waals surface area contributed by atoms with Crippen molar-refractivity contribution < 1.29 is 44.7 Å². The molecule has 7 N–H and O–H groups in total. The molecule has 0 aliphatic heterocycles. The van der Waals surface area contributed by atoms with E-state index in [1.807, 2.05) is 0 Å². The van der Waals surface area contributed by atoms with Gasteiger partial charge >= 0.3 is 5.97 Å². The van der Waals surface area contributed by atoms with Gasteiger partial charge in [0.05, 0.1) is 11.1 Å². The van der Waals surface area contributed by atoms with Crippen molar-refractivity contribution in [3.05, 3.63) is 82.4 Å². The number of hydrogen-bond donors (Lipinski definition) is 7. The quantitative estimate of drug-likeness (QED) is 0.213. The van der Waals surface area contributed by atoms with E-state index in [0.717, 1.165) is 37.1 Å². The Morgan fingerprint density at radius 2 is 1.44 bits per heavy atom. The molecule has 11 heteroatoms. The molecular formula is C28H26N2O9. The number of nitrogens with one attached hydrogen (secondary N) is 2. The average molecular weight is 535 g/mol. The number of aromatic carboxylic acids is 1. The van der Waals surface area contributed by atoms with Crippen LogP contribution in [0.3, 0.4) is 0 Å². The lowest BCUT2D eigenvalue weighted by atomic mass is 9.95. The topological polar surface area (TPSA) is 193 Å². The van der Waals surface area contributed by atoms with E-state index in [4.69, 9.17) is 0 Å². The van der Waals surface area contributed by atoms with E-state index < -0.39 is 51.6 Å². The van der Waals surface area contributed by atoms with Crippen LogP contribution in [0.15, 0.2) is 54.6 Å². The molecule has 4 rings (SSSR count). The van der Waals surface area contributed by atoms with Crippen molar-refractivity contribution in [2.75, 3.05) is 6.54 Å². The maximum Gasteiger partial charge on any atom is 0.336 e. The molecule has 1 fully saturated rings. The first-order valence-electron chi connectivity index (χ1n) is 12.1. The number of phenols is 4. The molecule has 3 aromatic rings. The monoisotopic (exact) mass is 534 g/mol. The van der Waals surface area contributed by atoms with Crippen LogP contribution < -0.4 is 10.6 Å². The second-order valence-electron chi connectivity index (χ2n) is 9.25. The number of carboxylic acid groups (broad SMARTS) is 1. The molecule has 0 unspecified atom stereocenters. The molecule has 0 bridgehead atoms. The van der Waals surface area contributed by atoms with Crippen LogP contribution in [0.2, 0.25) is 0 Å². The lowest BCUT2D eigenvalue weighted by Gasteiger charge is -2.21. The summed E-state index contributed by atoms with van der Waals surface area (Å²) in [7, 11) is 0. The van der Waals surface area contributed by atoms with Crippen molar-refractivity contribution in [2.24, 2.45) is 5.92 Å². The fourth-order valence-electron chi connectivity index (χ4n) is 4.72. The lowest BCUT2D eigenvalue weighted by molar-refractivity contribution is 0.0691. The van der Waals surface area contributed by atoms with Crippen molar-refractivity contribution >= 4 is 23.6 Å². The van der Waals surface area contributed by atoms with Gasteiger partial charge in [-0.05, 0) is 67.3 Å². The summed E-state index contributed by atoms with van der Waals surface area (Å²) in [5.41, 5.74) is -1.57. The van der Waals surface area contributed by atoms with Crippen molar-refractivity contribution in [1.82, 2.24) is 10.6 Å². The Morgan fingerprint density at radius 1 is 0.769 bits per heavy atom. The number of rotatable bonds is 8. The molecule has 0 saturated heterocycles. The Morgan fingerprint density at radius 3 is 2.08 bits per heavy atom. The van der Waals surface area contributed by atoms with E-state index in [1.54, 1.807) is 0 Å². The Labute approximate surface area is 222 Å². The summed E-state index contributed by atoms with van der Waals surface area (Å²) in [6.07, 6.45) is 2.30. The van der Waals surface area contributed by atoms with Crippen LogP contribution >= 0.6 is 0 Å². The Kier molecular flexibility index (Phi) is 7.70. The van der Waals surface area contributed by atoms with Crippen LogP contribution in [0.1, 0.15) is 66.3 Å². The summed E-state index contributed by atoms with van der Waals surface area (Å²) in [4.78, 5) is 49.8. The molecule has 1 aliphatic carbocycles.